The summed E-state index contributed by atoms with van der Waals surface area (Å²) in [6.45, 7) is 13.1. The number of benzene rings is 3. The van der Waals surface area contributed by atoms with E-state index in [4.69, 9.17) is 11.6 Å². The number of hydrogen-bond acceptors (Lipinski definition) is 5. The van der Waals surface area contributed by atoms with Gasteiger partial charge in [-0.3, -0.25) is 9.59 Å². The molecule has 0 aromatic heterocycles. The summed E-state index contributed by atoms with van der Waals surface area (Å²) in [5.74, 6) is -0.783. The number of aryl methyl sites for hydroxylation is 2. The molecule has 3 aromatic rings. The van der Waals surface area contributed by atoms with Crippen LogP contribution in [0.1, 0.15) is 56.8 Å². The molecule has 0 fully saturated rings. The third-order valence-corrected chi connectivity index (χ3v) is 6.95. The number of anilines is 1. The van der Waals surface area contributed by atoms with Crippen LogP contribution in [0.25, 0.3) is 0 Å². The van der Waals surface area contributed by atoms with Crippen LogP contribution < -0.4 is 10.7 Å². The molecule has 2 amide bonds. The van der Waals surface area contributed by atoms with Crippen LogP contribution in [-0.2, 0) is 6.54 Å². The van der Waals surface area contributed by atoms with Crippen LogP contribution in [0, 0.1) is 13.8 Å². The van der Waals surface area contributed by atoms with Gasteiger partial charge in [-0.05, 0) is 86.6 Å². The van der Waals surface area contributed by atoms with E-state index in [0.717, 1.165) is 49.4 Å². The molecule has 0 radical (unpaired) electrons. The molecule has 0 aliphatic rings. The molecular weight excluding hydrogens is 510 g/mol. The van der Waals surface area contributed by atoms with Gasteiger partial charge in [0.1, 0.15) is 0 Å². The Bertz CT molecular complexity index is 1320. The molecule has 3 aromatic carbocycles. The second kappa shape index (κ2) is 14.6. The summed E-state index contributed by atoms with van der Waals surface area (Å²) in [7, 11) is 2.08. The average molecular weight is 548 g/mol. The molecule has 206 valence electrons. The van der Waals surface area contributed by atoms with Crippen molar-refractivity contribution in [2.24, 2.45) is 5.10 Å². The third-order valence-electron chi connectivity index (χ3n) is 6.72. The Morgan fingerprint density at radius 1 is 0.923 bits per heavy atom. The van der Waals surface area contributed by atoms with E-state index in [0.29, 0.717) is 16.3 Å². The summed E-state index contributed by atoms with van der Waals surface area (Å²) in [5, 5.41) is 7.33. The lowest BCUT2D eigenvalue weighted by atomic mass is 10.1. The fourth-order valence-corrected chi connectivity index (χ4v) is 4.30. The third kappa shape index (κ3) is 9.03. The van der Waals surface area contributed by atoms with Crippen LogP contribution >= 0.6 is 11.6 Å². The van der Waals surface area contributed by atoms with Gasteiger partial charge in [-0.1, -0.05) is 55.8 Å². The van der Waals surface area contributed by atoms with E-state index in [-0.39, 0.29) is 11.5 Å². The zero-order chi connectivity index (χ0) is 28.4. The van der Waals surface area contributed by atoms with Crippen molar-refractivity contribution in [3.8, 4) is 0 Å². The lowest BCUT2D eigenvalue weighted by Gasteiger charge is -2.23. The van der Waals surface area contributed by atoms with Crippen LogP contribution in [0.3, 0.4) is 0 Å². The van der Waals surface area contributed by atoms with Gasteiger partial charge >= 0.3 is 0 Å². The molecule has 0 unspecified atom stereocenters. The van der Waals surface area contributed by atoms with Crippen LogP contribution in [-0.4, -0.2) is 61.1 Å². The lowest BCUT2D eigenvalue weighted by molar-refractivity contribution is 0.0956. The van der Waals surface area contributed by atoms with Crippen molar-refractivity contribution in [1.82, 2.24) is 15.2 Å². The number of hydrogen-bond donors (Lipinski definition) is 2. The van der Waals surface area contributed by atoms with Gasteiger partial charge in [0.25, 0.3) is 11.8 Å². The summed E-state index contributed by atoms with van der Waals surface area (Å²) in [4.78, 5) is 30.7. The first-order valence-corrected chi connectivity index (χ1v) is 13.6. The second-order valence-electron chi connectivity index (χ2n) is 9.65. The smallest absolute Gasteiger partial charge is 0.273 e. The highest BCUT2D eigenvalue weighted by Crippen LogP contribution is 2.22. The van der Waals surface area contributed by atoms with E-state index in [2.05, 4.69) is 46.5 Å². The van der Waals surface area contributed by atoms with Gasteiger partial charge < -0.3 is 15.1 Å². The van der Waals surface area contributed by atoms with Gasteiger partial charge in [-0.15, -0.1) is 0 Å². The highest BCUT2D eigenvalue weighted by atomic mass is 35.5. The van der Waals surface area contributed by atoms with E-state index in [9.17, 15) is 9.59 Å². The van der Waals surface area contributed by atoms with Gasteiger partial charge in [0.2, 0.25) is 0 Å². The highest BCUT2D eigenvalue weighted by Gasteiger charge is 2.16. The molecule has 3 rings (SSSR count). The normalized spacial score (nSPS) is 11.4. The maximum atomic E-state index is 13.1. The number of amides is 2. The van der Waals surface area contributed by atoms with Gasteiger partial charge in [-0.25, -0.2) is 5.43 Å². The Labute approximate surface area is 236 Å². The summed E-state index contributed by atoms with van der Waals surface area (Å²) < 4.78 is 0. The molecule has 0 aliphatic carbocycles. The number of carbonyl (C=O) groups excluding carboxylic acids is 2. The summed E-state index contributed by atoms with van der Waals surface area (Å²) >= 11 is 6.17. The first kappa shape index (κ1) is 30.0. The van der Waals surface area contributed by atoms with E-state index >= 15 is 0 Å². The van der Waals surface area contributed by atoms with E-state index in [1.54, 1.807) is 24.4 Å². The van der Waals surface area contributed by atoms with Gasteiger partial charge in [0.15, 0.2) is 0 Å². The summed E-state index contributed by atoms with van der Waals surface area (Å²) in [6.07, 6.45) is 1.58. The largest absolute Gasteiger partial charge is 0.321 e. The number of carbonyl (C=O) groups is 2. The van der Waals surface area contributed by atoms with Crippen molar-refractivity contribution in [2.75, 3.05) is 38.5 Å². The van der Waals surface area contributed by atoms with Crippen molar-refractivity contribution >= 4 is 35.3 Å². The monoisotopic (exact) mass is 547 g/mol. The molecule has 0 bridgehead atoms. The number of halogens is 1. The fourth-order valence-electron chi connectivity index (χ4n) is 4.13. The minimum Gasteiger partial charge on any atom is -0.321 e. The SMILES string of the molecule is CCN(CC)CCN(C)Cc1cccc(C(=O)Nc2ccc(Cl)cc2C(=O)N/N=C/c2ccc(C)c(C)c2)c1. The van der Waals surface area contributed by atoms with Crippen molar-refractivity contribution in [3.63, 3.8) is 0 Å². The van der Waals surface area contributed by atoms with Crippen molar-refractivity contribution in [3.05, 3.63) is 99.1 Å². The standard InChI is InChI=1S/C31H38ClN5O2/c1-6-37(7-2)16-15-36(5)21-25-9-8-10-26(18-25)30(38)34-29-14-13-27(32)19-28(29)31(39)35-33-20-24-12-11-22(3)23(4)17-24/h8-14,17-20H,6-7,15-16,21H2,1-5H3,(H,34,38)(H,35,39)/b33-20+. The zero-order valence-electron chi connectivity index (χ0n) is 23.4. The predicted molar refractivity (Wildman–Crippen MR) is 161 cm³/mol. The predicted octanol–water partition coefficient (Wildman–Crippen LogP) is 5.75. The van der Waals surface area contributed by atoms with Crippen LogP contribution in [0.15, 0.2) is 65.8 Å². The molecule has 2 N–H and O–H groups in total. The van der Waals surface area contributed by atoms with Crippen LogP contribution in [0.2, 0.25) is 5.02 Å². The van der Waals surface area contributed by atoms with Crippen LogP contribution in [0.4, 0.5) is 5.69 Å². The first-order chi connectivity index (χ1) is 18.7. The minimum absolute atomic E-state index is 0.223. The van der Waals surface area contributed by atoms with E-state index in [1.807, 2.05) is 50.2 Å². The molecule has 0 spiro atoms. The minimum atomic E-state index is -0.475. The van der Waals surface area contributed by atoms with Crippen molar-refractivity contribution < 1.29 is 9.59 Å². The molecule has 0 saturated carbocycles. The zero-order valence-corrected chi connectivity index (χ0v) is 24.2. The summed E-state index contributed by atoms with van der Waals surface area (Å²) in [5.41, 5.74) is 7.86. The first-order valence-electron chi connectivity index (χ1n) is 13.2. The number of nitrogens with one attached hydrogen (secondary N) is 2. The molecule has 7 nitrogen and oxygen atoms in total. The Hall–Kier alpha value is -3.52. The fraction of sp³-hybridized carbons (Fsp3) is 0.323. The van der Waals surface area contributed by atoms with E-state index in [1.165, 1.54) is 11.6 Å². The molecule has 8 heteroatoms. The molecule has 0 aliphatic heterocycles. The topological polar surface area (TPSA) is 77.0 Å². The molecule has 0 heterocycles. The highest BCUT2D eigenvalue weighted by molar-refractivity contribution is 6.31. The van der Waals surface area contributed by atoms with Gasteiger partial charge in [0, 0.05) is 30.2 Å². The molecule has 0 atom stereocenters. The quantitative estimate of drug-likeness (QED) is 0.224. The Morgan fingerprint density at radius 3 is 2.41 bits per heavy atom. The number of rotatable bonds is 12. The maximum Gasteiger partial charge on any atom is 0.273 e. The van der Waals surface area contributed by atoms with E-state index < -0.39 is 5.91 Å². The molecular formula is C31H38ClN5O2. The molecule has 0 saturated heterocycles. The van der Waals surface area contributed by atoms with Crippen LogP contribution in [0.5, 0.6) is 0 Å². The second-order valence-corrected chi connectivity index (χ2v) is 10.1. The van der Waals surface area contributed by atoms with Crippen molar-refractivity contribution in [2.45, 2.75) is 34.2 Å². The lowest BCUT2D eigenvalue weighted by Crippen LogP contribution is -2.32. The number of likely N-dealkylation sites (N-methyl/N-ethyl adjacent to an activating group) is 2. The number of hydrazone groups is 1. The maximum absolute atomic E-state index is 13.1. The number of nitrogens with zero attached hydrogens (tertiary/aromatic N) is 3. The van der Waals surface area contributed by atoms with Crippen molar-refractivity contribution in [1.29, 1.82) is 0 Å². The summed E-state index contributed by atoms with van der Waals surface area (Å²) in [6, 6.07) is 18.2. The van der Waals surface area contributed by atoms with Gasteiger partial charge in [0.05, 0.1) is 17.5 Å². The van der Waals surface area contributed by atoms with Gasteiger partial charge in [-0.2, -0.15) is 5.10 Å². The average Bonchev–Trinajstić information content (AvgIpc) is 2.92. The Balaban J connectivity index is 1.67. The Kier molecular flexibility index (Phi) is 11.2. The molecule has 39 heavy (non-hydrogen) atoms. The Morgan fingerprint density at radius 2 is 1.69 bits per heavy atom.